The van der Waals surface area contributed by atoms with Crippen molar-refractivity contribution in [2.75, 3.05) is 27.7 Å². The van der Waals surface area contributed by atoms with Gasteiger partial charge in [-0.3, -0.25) is 4.79 Å². The third kappa shape index (κ3) is 3.65. The summed E-state index contributed by atoms with van der Waals surface area (Å²) >= 11 is 0. The summed E-state index contributed by atoms with van der Waals surface area (Å²) in [4.78, 5) is 14.9. The van der Waals surface area contributed by atoms with Crippen LogP contribution >= 0.6 is 0 Å². The highest BCUT2D eigenvalue weighted by atomic mass is 16.5. The van der Waals surface area contributed by atoms with Gasteiger partial charge in [0.2, 0.25) is 5.91 Å². The molecule has 2 atom stereocenters. The molecular formula is C22H26N2O2. The van der Waals surface area contributed by atoms with Crippen molar-refractivity contribution in [3.05, 3.63) is 70.8 Å². The summed E-state index contributed by atoms with van der Waals surface area (Å²) in [5, 5.41) is 3.12. The van der Waals surface area contributed by atoms with E-state index in [0.29, 0.717) is 6.54 Å². The maximum atomic E-state index is 12.8. The van der Waals surface area contributed by atoms with Crippen molar-refractivity contribution in [3.8, 4) is 5.75 Å². The van der Waals surface area contributed by atoms with Crippen LogP contribution in [0, 0.1) is 0 Å². The van der Waals surface area contributed by atoms with E-state index in [1.807, 2.05) is 50.5 Å². The van der Waals surface area contributed by atoms with Crippen LogP contribution in [0.4, 0.5) is 0 Å². The lowest BCUT2D eigenvalue weighted by Crippen LogP contribution is -2.35. The zero-order chi connectivity index (χ0) is 18.7. The van der Waals surface area contributed by atoms with Crippen molar-refractivity contribution in [2.24, 2.45) is 0 Å². The van der Waals surface area contributed by atoms with Crippen LogP contribution in [0.3, 0.4) is 0 Å². The number of fused-ring (bicyclic) bond motifs is 1. The first-order valence-corrected chi connectivity index (χ1v) is 8.90. The second-order valence-corrected chi connectivity index (χ2v) is 6.92. The number of benzene rings is 2. The Morgan fingerprint density at radius 2 is 1.96 bits per heavy atom. The van der Waals surface area contributed by atoms with Crippen LogP contribution in [0.5, 0.6) is 5.75 Å². The number of hydrogen-bond donors (Lipinski definition) is 1. The molecule has 1 aliphatic carbocycles. The van der Waals surface area contributed by atoms with Gasteiger partial charge >= 0.3 is 0 Å². The number of carbonyl (C=O) groups is 1. The molecule has 3 rings (SSSR count). The summed E-state index contributed by atoms with van der Waals surface area (Å²) in [6, 6.07) is 16.2. The third-order valence-electron chi connectivity index (χ3n) is 5.06. The van der Waals surface area contributed by atoms with E-state index in [4.69, 9.17) is 4.74 Å². The molecule has 0 saturated carbocycles. The number of methoxy groups -OCH3 is 1. The molecule has 2 aromatic rings. The molecule has 1 N–H and O–H groups in total. The second kappa shape index (κ2) is 7.75. The quantitative estimate of drug-likeness (QED) is 0.865. The number of ether oxygens (including phenoxy) is 1. The molecule has 0 unspecified atom stereocenters. The molecule has 2 aromatic carbocycles. The Morgan fingerprint density at radius 1 is 1.19 bits per heavy atom. The van der Waals surface area contributed by atoms with E-state index in [1.54, 1.807) is 7.11 Å². The van der Waals surface area contributed by atoms with E-state index in [0.717, 1.165) is 22.4 Å². The van der Waals surface area contributed by atoms with Crippen LogP contribution in [-0.2, 0) is 4.79 Å². The maximum absolute atomic E-state index is 12.8. The van der Waals surface area contributed by atoms with Crippen LogP contribution in [0.25, 0.3) is 6.08 Å². The van der Waals surface area contributed by atoms with Gasteiger partial charge in [-0.15, -0.1) is 0 Å². The van der Waals surface area contributed by atoms with E-state index in [-0.39, 0.29) is 17.9 Å². The summed E-state index contributed by atoms with van der Waals surface area (Å²) in [5.41, 5.74) is 4.30. The fourth-order valence-corrected chi connectivity index (χ4v) is 3.50. The first-order chi connectivity index (χ1) is 12.5. The molecule has 0 spiro atoms. The minimum atomic E-state index is 0.00319. The zero-order valence-electron chi connectivity index (χ0n) is 15.8. The minimum Gasteiger partial charge on any atom is -0.497 e. The Balaban J connectivity index is 1.71. The van der Waals surface area contributed by atoms with Gasteiger partial charge in [0.15, 0.2) is 0 Å². The first kappa shape index (κ1) is 18.2. The van der Waals surface area contributed by atoms with Gasteiger partial charge in [-0.2, -0.15) is 0 Å². The Labute approximate surface area is 155 Å². The van der Waals surface area contributed by atoms with E-state index in [2.05, 4.69) is 35.3 Å². The highest BCUT2D eigenvalue weighted by Gasteiger charge is 2.26. The normalized spacial score (nSPS) is 16.8. The number of carbonyl (C=O) groups excluding carboxylic acids is 1. The van der Waals surface area contributed by atoms with Crippen LogP contribution in [0.2, 0.25) is 0 Å². The van der Waals surface area contributed by atoms with Crippen LogP contribution in [0.1, 0.15) is 35.6 Å². The molecule has 4 nitrogen and oxygen atoms in total. The van der Waals surface area contributed by atoms with E-state index >= 15 is 0 Å². The van der Waals surface area contributed by atoms with Gasteiger partial charge in [0.25, 0.3) is 0 Å². The van der Waals surface area contributed by atoms with Crippen molar-refractivity contribution in [1.29, 1.82) is 0 Å². The summed E-state index contributed by atoms with van der Waals surface area (Å²) in [5.74, 6) is 0.951. The molecule has 136 valence electrons. The Morgan fingerprint density at radius 3 is 2.65 bits per heavy atom. The van der Waals surface area contributed by atoms with Crippen molar-refractivity contribution in [1.82, 2.24) is 10.2 Å². The molecule has 4 heteroatoms. The highest BCUT2D eigenvalue weighted by molar-refractivity contribution is 6.01. The lowest BCUT2D eigenvalue weighted by Gasteiger charge is -2.26. The predicted octanol–water partition coefficient (Wildman–Crippen LogP) is 3.61. The lowest BCUT2D eigenvalue weighted by molar-refractivity contribution is -0.117. The number of nitrogens with one attached hydrogen (secondary N) is 1. The SMILES string of the molecule is COc1cccc([C@H](CNC(=O)C2=Cc3ccccc3[C@@H]2C)N(C)C)c1. The fraction of sp³-hybridized carbons (Fsp3) is 0.318. The molecule has 1 amide bonds. The second-order valence-electron chi connectivity index (χ2n) is 6.92. The molecule has 0 aromatic heterocycles. The van der Waals surface area contributed by atoms with Crippen molar-refractivity contribution in [2.45, 2.75) is 18.9 Å². The Hall–Kier alpha value is -2.59. The summed E-state index contributed by atoms with van der Waals surface area (Å²) in [6.07, 6.45) is 2.01. The summed E-state index contributed by atoms with van der Waals surface area (Å²) < 4.78 is 5.33. The monoisotopic (exact) mass is 350 g/mol. The standard InChI is InChI=1S/C22H26N2O2/c1-15-19-11-6-5-8-16(19)13-20(15)22(25)23-14-21(24(2)3)17-9-7-10-18(12-17)26-4/h5-13,15,21H,14H2,1-4H3,(H,23,25)/t15-,21-/m0/s1. The number of hydrogen-bond acceptors (Lipinski definition) is 3. The lowest BCUT2D eigenvalue weighted by atomic mass is 9.97. The van der Waals surface area contributed by atoms with Gasteiger partial charge in [-0.05, 0) is 49.0 Å². The van der Waals surface area contributed by atoms with Crippen LogP contribution < -0.4 is 10.1 Å². The van der Waals surface area contributed by atoms with Crippen molar-refractivity contribution < 1.29 is 9.53 Å². The Kier molecular flexibility index (Phi) is 5.43. The Bertz CT molecular complexity index is 826. The van der Waals surface area contributed by atoms with Crippen molar-refractivity contribution in [3.63, 3.8) is 0 Å². The minimum absolute atomic E-state index is 0.00319. The van der Waals surface area contributed by atoms with Gasteiger partial charge in [0.05, 0.1) is 13.2 Å². The fourth-order valence-electron chi connectivity index (χ4n) is 3.50. The predicted molar refractivity (Wildman–Crippen MR) is 105 cm³/mol. The maximum Gasteiger partial charge on any atom is 0.247 e. The molecule has 0 radical (unpaired) electrons. The van der Waals surface area contributed by atoms with Crippen LogP contribution in [-0.4, -0.2) is 38.6 Å². The zero-order valence-corrected chi connectivity index (χ0v) is 15.8. The van der Waals surface area contributed by atoms with E-state index < -0.39 is 0 Å². The number of amides is 1. The van der Waals surface area contributed by atoms with Gasteiger partial charge in [0.1, 0.15) is 5.75 Å². The number of likely N-dealkylation sites (N-methyl/N-ethyl adjacent to an activating group) is 1. The number of rotatable bonds is 6. The topological polar surface area (TPSA) is 41.6 Å². The molecule has 0 heterocycles. The average molecular weight is 350 g/mol. The molecule has 1 aliphatic rings. The van der Waals surface area contributed by atoms with Crippen molar-refractivity contribution >= 4 is 12.0 Å². The molecule has 26 heavy (non-hydrogen) atoms. The first-order valence-electron chi connectivity index (χ1n) is 8.90. The average Bonchev–Trinajstić information content (AvgIpc) is 2.99. The summed E-state index contributed by atoms with van der Waals surface area (Å²) in [7, 11) is 5.70. The number of nitrogens with zero attached hydrogens (tertiary/aromatic N) is 1. The van der Waals surface area contributed by atoms with Crippen LogP contribution in [0.15, 0.2) is 54.1 Å². The van der Waals surface area contributed by atoms with Gasteiger partial charge in [-0.25, -0.2) is 0 Å². The van der Waals surface area contributed by atoms with E-state index in [1.165, 1.54) is 5.56 Å². The van der Waals surface area contributed by atoms with E-state index in [9.17, 15) is 4.79 Å². The van der Waals surface area contributed by atoms with Gasteiger partial charge in [-0.1, -0.05) is 43.3 Å². The van der Waals surface area contributed by atoms with Gasteiger partial charge in [0, 0.05) is 18.0 Å². The molecule has 0 aliphatic heterocycles. The van der Waals surface area contributed by atoms with Gasteiger partial charge < -0.3 is 15.0 Å². The summed E-state index contributed by atoms with van der Waals surface area (Å²) in [6.45, 7) is 2.63. The largest absolute Gasteiger partial charge is 0.497 e. The third-order valence-corrected chi connectivity index (χ3v) is 5.06. The molecule has 0 fully saturated rings. The highest BCUT2D eigenvalue weighted by Crippen LogP contribution is 2.35. The molecule has 0 bridgehead atoms. The smallest absolute Gasteiger partial charge is 0.247 e. The molecular weight excluding hydrogens is 324 g/mol. The molecule has 0 saturated heterocycles.